The molecule has 0 saturated heterocycles. The quantitative estimate of drug-likeness (QED) is 0.465. The molecule has 1 saturated carbocycles. The molecule has 2 aliphatic carbocycles. The maximum Gasteiger partial charge on any atom is 0.169 e. The van der Waals surface area contributed by atoms with Crippen LogP contribution in [0.5, 0.6) is 0 Å². The molecule has 1 fully saturated rings. The second-order valence-corrected chi connectivity index (χ2v) is 9.87. The van der Waals surface area contributed by atoms with Gasteiger partial charge in [-0.05, 0) is 54.7 Å². The van der Waals surface area contributed by atoms with Gasteiger partial charge in [0.25, 0.3) is 0 Å². The molecule has 0 bridgehead atoms. The van der Waals surface area contributed by atoms with Crippen molar-refractivity contribution in [3.63, 3.8) is 0 Å². The third kappa shape index (κ3) is 4.80. The van der Waals surface area contributed by atoms with E-state index in [-0.39, 0.29) is 23.5 Å². The molecule has 6 nitrogen and oxygen atoms in total. The number of aliphatic imine (C=N–C) groups is 1. The van der Waals surface area contributed by atoms with Crippen molar-refractivity contribution in [3.8, 4) is 0 Å². The summed E-state index contributed by atoms with van der Waals surface area (Å²) in [6.45, 7) is 1.31. The van der Waals surface area contributed by atoms with Gasteiger partial charge in [-0.3, -0.25) is 9.79 Å². The average Bonchev–Trinajstić information content (AvgIpc) is 3.55. The largest absolute Gasteiger partial charge is 0.511 e. The van der Waals surface area contributed by atoms with Gasteiger partial charge in [-0.1, -0.05) is 37.1 Å². The second-order valence-electron chi connectivity index (χ2n) is 9.49. The van der Waals surface area contributed by atoms with E-state index in [2.05, 4.69) is 39.5 Å². The average molecular weight is 478 g/mol. The Morgan fingerprint density at radius 1 is 1.21 bits per heavy atom. The van der Waals surface area contributed by atoms with E-state index >= 15 is 0 Å². The third-order valence-electron chi connectivity index (χ3n) is 7.28. The predicted molar refractivity (Wildman–Crippen MR) is 136 cm³/mol. The van der Waals surface area contributed by atoms with E-state index in [0.29, 0.717) is 31.0 Å². The normalized spacial score (nSPS) is 23.5. The Kier molecular flexibility index (Phi) is 6.81. The molecule has 7 heteroatoms. The topological polar surface area (TPSA) is 78.1 Å². The van der Waals surface area contributed by atoms with Crippen LogP contribution in [-0.2, 0) is 11.2 Å². The second kappa shape index (κ2) is 10.1. The Labute approximate surface area is 205 Å². The van der Waals surface area contributed by atoms with E-state index in [1.807, 2.05) is 6.07 Å². The zero-order valence-corrected chi connectivity index (χ0v) is 20.1. The van der Waals surface area contributed by atoms with Gasteiger partial charge >= 0.3 is 0 Å². The summed E-state index contributed by atoms with van der Waals surface area (Å²) >= 11 is 5.83. The van der Waals surface area contributed by atoms with Gasteiger partial charge in [0, 0.05) is 37.6 Å². The number of thiocarbonyl (C=S) groups is 1. The molecule has 1 aromatic heterocycles. The maximum atomic E-state index is 12.8. The Morgan fingerprint density at radius 3 is 2.79 bits per heavy atom. The van der Waals surface area contributed by atoms with Gasteiger partial charge in [0.1, 0.15) is 11.5 Å². The molecular formula is C27H31N3O3S. The van der Waals surface area contributed by atoms with E-state index in [9.17, 15) is 9.90 Å². The molecule has 2 N–H and O–H groups in total. The lowest BCUT2D eigenvalue weighted by atomic mass is 9.86. The smallest absolute Gasteiger partial charge is 0.169 e. The number of fused-ring (bicyclic) bond motifs is 1. The minimum absolute atomic E-state index is 0.0000873. The first-order chi connectivity index (χ1) is 16.6. The molecule has 34 heavy (non-hydrogen) atoms. The molecule has 3 aliphatic rings. The number of benzene rings is 1. The first-order valence-corrected chi connectivity index (χ1v) is 12.6. The fraction of sp³-hybridized carbons (Fsp3) is 0.444. The summed E-state index contributed by atoms with van der Waals surface area (Å²) in [5, 5.41) is 15.0. The molecule has 0 amide bonds. The number of aliphatic hydroxyl groups is 1. The van der Waals surface area contributed by atoms with Crippen LogP contribution in [0, 0.1) is 0 Å². The lowest BCUT2D eigenvalue weighted by Gasteiger charge is -2.39. The van der Waals surface area contributed by atoms with E-state index < -0.39 is 0 Å². The van der Waals surface area contributed by atoms with Crippen LogP contribution in [0.25, 0.3) is 0 Å². The number of hydrogen-bond donors (Lipinski definition) is 2. The number of allylic oxidation sites excluding steroid dienone is 2. The Balaban J connectivity index is 1.32. The number of carbonyl (C=O) groups is 1. The minimum atomic E-state index is -0.126. The Morgan fingerprint density at radius 2 is 2.03 bits per heavy atom. The van der Waals surface area contributed by atoms with Crippen molar-refractivity contribution in [2.24, 2.45) is 4.99 Å². The number of Topliss-reactive ketones (excluding diaryl/α,β-unsaturated/α-hetero) is 1. The van der Waals surface area contributed by atoms with Crippen molar-refractivity contribution in [3.05, 3.63) is 70.9 Å². The number of nitrogens with zero attached hydrogens (tertiary/aromatic N) is 2. The van der Waals surface area contributed by atoms with Gasteiger partial charge in [-0.2, -0.15) is 0 Å². The summed E-state index contributed by atoms with van der Waals surface area (Å²) in [7, 11) is 0. The van der Waals surface area contributed by atoms with E-state index in [0.717, 1.165) is 23.8 Å². The molecule has 178 valence electrons. The fourth-order valence-corrected chi connectivity index (χ4v) is 5.83. The van der Waals surface area contributed by atoms with Gasteiger partial charge in [0.05, 0.1) is 24.4 Å². The maximum absolute atomic E-state index is 12.8. The molecule has 2 unspecified atom stereocenters. The summed E-state index contributed by atoms with van der Waals surface area (Å²) < 4.78 is 5.44. The van der Waals surface area contributed by atoms with Crippen molar-refractivity contribution in [1.29, 1.82) is 0 Å². The zero-order valence-electron chi connectivity index (χ0n) is 19.3. The van der Waals surface area contributed by atoms with Crippen molar-refractivity contribution in [1.82, 2.24) is 10.2 Å². The molecule has 1 aromatic carbocycles. The van der Waals surface area contributed by atoms with Gasteiger partial charge in [0.2, 0.25) is 0 Å². The SMILES string of the molecule is O=C1CC(c2ccco2)CC(O)=C1C=NCC1c2ccccc2CCN1C(=S)NC1CCCC1. The summed E-state index contributed by atoms with van der Waals surface area (Å²) in [5.74, 6) is 0.585. The van der Waals surface area contributed by atoms with Crippen LogP contribution in [0.1, 0.15) is 67.4 Å². The van der Waals surface area contributed by atoms with E-state index in [1.165, 1.54) is 36.8 Å². The number of aliphatic hydroxyl groups excluding tert-OH is 1. The molecule has 0 spiro atoms. The van der Waals surface area contributed by atoms with Crippen LogP contribution in [0.15, 0.2) is 63.4 Å². The predicted octanol–water partition coefficient (Wildman–Crippen LogP) is 5.03. The number of ketones is 1. The van der Waals surface area contributed by atoms with E-state index in [4.69, 9.17) is 16.6 Å². The van der Waals surface area contributed by atoms with Crippen LogP contribution >= 0.6 is 12.2 Å². The van der Waals surface area contributed by atoms with Crippen molar-refractivity contribution in [2.75, 3.05) is 13.1 Å². The van der Waals surface area contributed by atoms with Crippen LogP contribution in [0.2, 0.25) is 0 Å². The molecule has 0 radical (unpaired) electrons. The lowest BCUT2D eigenvalue weighted by molar-refractivity contribution is -0.116. The summed E-state index contributed by atoms with van der Waals surface area (Å²) in [4.78, 5) is 19.7. The standard InChI is InChI=1S/C27H31N3O3S/c31-24-14-19(26-10-5-13-33-26)15-25(32)22(24)16-28-17-23-21-9-4-1-6-18(21)11-12-30(23)27(34)29-20-7-2-3-8-20/h1,4-6,9-10,13,16,19-20,23,31H,2-3,7-8,11-12,14-15,17H2,(H,29,34). The van der Waals surface area contributed by atoms with Crippen molar-refractivity contribution >= 4 is 29.3 Å². The molecule has 1 aliphatic heterocycles. The third-order valence-corrected chi connectivity index (χ3v) is 7.64. The fourth-order valence-electron chi connectivity index (χ4n) is 5.44. The highest BCUT2D eigenvalue weighted by molar-refractivity contribution is 7.80. The monoisotopic (exact) mass is 477 g/mol. The Hall–Kier alpha value is -2.93. The van der Waals surface area contributed by atoms with Gasteiger partial charge in [-0.25, -0.2) is 0 Å². The highest BCUT2D eigenvalue weighted by Gasteiger charge is 2.31. The molecule has 2 atom stereocenters. The highest BCUT2D eigenvalue weighted by atomic mass is 32.1. The van der Waals surface area contributed by atoms with Crippen LogP contribution in [0.3, 0.4) is 0 Å². The van der Waals surface area contributed by atoms with Crippen LogP contribution in [0.4, 0.5) is 0 Å². The van der Waals surface area contributed by atoms with Crippen molar-refractivity contribution < 1.29 is 14.3 Å². The number of hydrogen-bond acceptors (Lipinski definition) is 5. The number of rotatable bonds is 5. The minimum Gasteiger partial charge on any atom is -0.511 e. The van der Waals surface area contributed by atoms with Gasteiger partial charge in [-0.15, -0.1) is 0 Å². The summed E-state index contributed by atoms with van der Waals surface area (Å²) in [6.07, 6.45) is 9.64. The number of carbonyl (C=O) groups excluding carboxylic acids is 1. The van der Waals surface area contributed by atoms with Crippen LogP contribution < -0.4 is 5.32 Å². The molecule has 5 rings (SSSR count). The lowest BCUT2D eigenvalue weighted by Crippen LogP contribution is -2.48. The molecular weight excluding hydrogens is 446 g/mol. The Bertz CT molecular complexity index is 1100. The van der Waals surface area contributed by atoms with Crippen LogP contribution in [-0.4, -0.2) is 46.2 Å². The number of furan rings is 1. The summed E-state index contributed by atoms with van der Waals surface area (Å²) in [5.41, 5.74) is 2.86. The van der Waals surface area contributed by atoms with Gasteiger partial charge in [0.15, 0.2) is 10.9 Å². The molecule has 2 aromatic rings. The van der Waals surface area contributed by atoms with Gasteiger partial charge < -0.3 is 19.7 Å². The summed E-state index contributed by atoms with van der Waals surface area (Å²) in [6, 6.07) is 12.6. The van der Waals surface area contributed by atoms with Crippen molar-refractivity contribution in [2.45, 2.75) is 62.9 Å². The first-order valence-electron chi connectivity index (χ1n) is 12.2. The highest BCUT2D eigenvalue weighted by Crippen LogP contribution is 2.34. The number of nitrogens with one attached hydrogen (secondary N) is 1. The van der Waals surface area contributed by atoms with E-state index in [1.54, 1.807) is 18.5 Å². The zero-order chi connectivity index (χ0) is 23.5. The molecule has 2 heterocycles. The first kappa shape index (κ1) is 22.8.